The van der Waals surface area contributed by atoms with E-state index in [2.05, 4.69) is 21.6 Å². The van der Waals surface area contributed by atoms with Crippen LogP contribution in [0.1, 0.15) is 15.9 Å². The van der Waals surface area contributed by atoms with Gasteiger partial charge in [-0.3, -0.25) is 4.31 Å². The molecule has 4 rings (SSSR count). The average Bonchev–Trinajstić information content (AvgIpc) is 3.09. The van der Waals surface area contributed by atoms with Crippen molar-refractivity contribution in [1.29, 1.82) is 0 Å². The summed E-state index contributed by atoms with van der Waals surface area (Å²) in [4.78, 5) is 28.4. The quantitative estimate of drug-likeness (QED) is 0.434. The molecule has 1 aromatic carbocycles. The Labute approximate surface area is 187 Å². The number of aromatic nitrogens is 1. The molecule has 172 valence electrons. The lowest BCUT2D eigenvalue weighted by Gasteiger charge is -2.27. The van der Waals surface area contributed by atoms with E-state index >= 15 is 0 Å². The Morgan fingerprint density at radius 3 is 2.64 bits per heavy atom. The van der Waals surface area contributed by atoms with Crippen molar-refractivity contribution in [2.45, 2.75) is 0 Å². The Morgan fingerprint density at radius 1 is 1.30 bits per heavy atom. The van der Waals surface area contributed by atoms with Gasteiger partial charge in [-0.1, -0.05) is 6.58 Å². The topological polar surface area (TPSA) is 145 Å². The number of sulfonamides is 1. The number of halogens is 1. The van der Waals surface area contributed by atoms with Crippen molar-refractivity contribution in [3.63, 3.8) is 0 Å². The number of esters is 1. The van der Waals surface area contributed by atoms with Gasteiger partial charge in [-0.15, -0.1) is 0 Å². The third-order valence-corrected chi connectivity index (χ3v) is 6.17. The number of pyridine rings is 1. The van der Waals surface area contributed by atoms with Crippen LogP contribution >= 0.6 is 0 Å². The monoisotopic (exact) mass is 474 g/mol. The second-order valence-electron chi connectivity index (χ2n) is 7.35. The summed E-state index contributed by atoms with van der Waals surface area (Å²) in [5, 5.41) is 3.23. The SMILES string of the molecule is C=C1CNCCN(S(C)(=O)=O)c2nc3oc(-c4ccc(F)cc4)c(C(=O)OC(N)=O)c3cc21. The van der Waals surface area contributed by atoms with Crippen LogP contribution in [-0.2, 0) is 14.8 Å². The minimum atomic E-state index is -3.71. The van der Waals surface area contributed by atoms with Gasteiger partial charge in [-0.2, -0.15) is 4.98 Å². The van der Waals surface area contributed by atoms with Gasteiger partial charge in [0.15, 0.2) is 11.6 Å². The molecule has 1 aliphatic heterocycles. The first-order valence-electron chi connectivity index (χ1n) is 9.68. The Morgan fingerprint density at radius 2 is 2.00 bits per heavy atom. The maximum absolute atomic E-state index is 13.4. The lowest BCUT2D eigenvalue weighted by molar-refractivity contribution is 0.0640. The smallest absolute Gasteiger partial charge is 0.412 e. The number of benzene rings is 1. The molecule has 0 bridgehead atoms. The number of nitrogens with one attached hydrogen (secondary N) is 1. The van der Waals surface area contributed by atoms with Crippen LogP contribution in [0, 0.1) is 5.82 Å². The van der Waals surface area contributed by atoms with Gasteiger partial charge < -0.3 is 20.2 Å². The highest BCUT2D eigenvalue weighted by atomic mass is 32.2. The van der Waals surface area contributed by atoms with Crippen LogP contribution in [0.25, 0.3) is 28.0 Å². The molecular formula is C21H19FN4O6S. The Hall–Kier alpha value is -3.77. The van der Waals surface area contributed by atoms with E-state index in [1.807, 2.05) is 0 Å². The fourth-order valence-electron chi connectivity index (χ4n) is 3.56. The van der Waals surface area contributed by atoms with E-state index in [1.165, 1.54) is 18.2 Å². The number of hydrogen-bond donors (Lipinski definition) is 2. The number of anilines is 1. The van der Waals surface area contributed by atoms with E-state index in [1.54, 1.807) is 0 Å². The molecule has 1 amide bonds. The van der Waals surface area contributed by atoms with Crippen molar-refractivity contribution in [3.05, 3.63) is 53.9 Å². The van der Waals surface area contributed by atoms with E-state index in [0.717, 1.165) is 22.7 Å². The third kappa shape index (κ3) is 4.30. The molecule has 0 radical (unpaired) electrons. The van der Waals surface area contributed by atoms with Crippen molar-refractivity contribution >= 4 is 44.6 Å². The van der Waals surface area contributed by atoms with E-state index in [9.17, 15) is 22.4 Å². The Balaban J connectivity index is 2.03. The number of rotatable bonds is 3. The highest BCUT2D eigenvalue weighted by Gasteiger charge is 2.30. The fraction of sp³-hybridized carbons (Fsp3) is 0.190. The molecule has 3 N–H and O–H groups in total. The molecule has 0 fully saturated rings. The van der Waals surface area contributed by atoms with Gasteiger partial charge in [0.25, 0.3) is 0 Å². The van der Waals surface area contributed by atoms with E-state index in [-0.39, 0.29) is 34.8 Å². The van der Waals surface area contributed by atoms with Crippen molar-refractivity contribution in [2.24, 2.45) is 5.73 Å². The maximum Gasteiger partial charge on any atom is 0.412 e. The minimum Gasteiger partial charge on any atom is -0.437 e. The zero-order valence-electron chi connectivity index (χ0n) is 17.4. The fourth-order valence-corrected chi connectivity index (χ4v) is 4.43. The average molecular weight is 474 g/mol. The summed E-state index contributed by atoms with van der Waals surface area (Å²) in [6.07, 6.45) is -0.273. The van der Waals surface area contributed by atoms with Crippen LogP contribution < -0.4 is 15.4 Å². The number of carbonyl (C=O) groups is 2. The predicted molar refractivity (Wildman–Crippen MR) is 118 cm³/mol. The van der Waals surface area contributed by atoms with Gasteiger partial charge in [0.2, 0.25) is 15.7 Å². The van der Waals surface area contributed by atoms with Gasteiger partial charge >= 0.3 is 12.1 Å². The van der Waals surface area contributed by atoms with Gasteiger partial charge in [0, 0.05) is 30.8 Å². The summed E-state index contributed by atoms with van der Waals surface area (Å²) < 4.78 is 49.8. The van der Waals surface area contributed by atoms with Crippen molar-refractivity contribution < 1.29 is 31.6 Å². The molecule has 33 heavy (non-hydrogen) atoms. The van der Waals surface area contributed by atoms with Crippen LogP contribution in [0.15, 0.2) is 41.3 Å². The van der Waals surface area contributed by atoms with E-state index < -0.39 is 27.9 Å². The lowest BCUT2D eigenvalue weighted by atomic mass is 10.0. The molecule has 0 aliphatic carbocycles. The van der Waals surface area contributed by atoms with Gasteiger partial charge in [0.1, 0.15) is 11.4 Å². The van der Waals surface area contributed by atoms with Crippen LogP contribution in [0.5, 0.6) is 0 Å². The number of carbonyl (C=O) groups excluding carboxylic acids is 2. The number of nitrogens with zero attached hydrogens (tertiary/aromatic N) is 2. The van der Waals surface area contributed by atoms with E-state index in [0.29, 0.717) is 29.8 Å². The molecule has 1 aliphatic rings. The van der Waals surface area contributed by atoms with E-state index in [4.69, 9.17) is 10.2 Å². The van der Waals surface area contributed by atoms with Crippen LogP contribution in [0.2, 0.25) is 0 Å². The maximum atomic E-state index is 13.4. The van der Waals surface area contributed by atoms with Crippen LogP contribution in [0.4, 0.5) is 15.0 Å². The van der Waals surface area contributed by atoms with Crippen molar-refractivity contribution in [3.8, 4) is 11.3 Å². The summed E-state index contributed by atoms with van der Waals surface area (Å²) >= 11 is 0. The number of nitrogens with two attached hydrogens (primary N) is 1. The molecule has 0 spiro atoms. The summed E-state index contributed by atoms with van der Waals surface area (Å²) in [7, 11) is -3.71. The molecule has 2 aromatic heterocycles. The first kappa shape index (κ1) is 22.4. The molecule has 0 saturated carbocycles. The number of furan rings is 1. The van der Waals surface area contributed by atoms with Crippen molar-refractivity contribution in [1.82, 2.24) is 10.3 Å². The zero-order chi connectivity index (χ0) is 23.9. The number of ether oxygens (including phenoxy) is 1. The summed E-state index contributed by atoms with van der Waals surface area (Å²) in [6, 6.07) is 6.57. The van der Waals surface area contributed by atoms with Gasteiger partial charge in [0.05, 0.1) is 11.6 Å². The van der Waals surface area contributed by atoms with Crippen molar-refractivity contribution in [2.75, 3.05) is 30.2 Å². The number of primary amides is 1. The minimum absolute atomic E-state index is 0.0450. The standard InChI is InChI=1S/C21H19FN4O6S/c1-11-10-24-7-8-26(33(2,29)30)18-14(11)9-15-16(20(27)32-21(23)28)17(31-19(15)25-18)12-3-5-13(22)6-4-12/h3-6,9,24H,1,7-8,10H2,2H3,(H2,23,28). The van der Waals surface area contributed by atoms with Gasteiger partial charge in [-0.25, -0.2) is 22.4 Å². The lowest BCUT2D eigenvalue weighted by Crippen LogP contribution is -2.39. The molecule has 0 saturated heterocycles. The predicted octanol–water partition coefficient (Wildman–Crippen LogP) is 2.25. The molecular weight excluding hydrogens is 455 g/mol. The van der Waals surface area contributed by atoms with Crippen LogP contribution in [0.3, 0.4) is 0 Å². The molecule has 3 heterocycles. The molecule has 3 aromatic rings. The largest absolute Gasteiger partial charge is 0.437 e. The Kier molecular flexibility index (Phi) is 5.64. The number of fused-ring (bicyclic) bond motifs is 2. The Bertz CT molecular complexity index is 1400. The molecule has 0 atom stereocenters. The number of hydrogen-bond acceptors (Lipinski definition) is 8. The normalized spacial score (nSPS) is 14.5. The summed E-state index contributed by atoms with van der Waals surface area (Å²) in [6.45, 7) is 4.81. The molecule has 12 heteroatoms. The second-order valence-corrected chi connectivity index (χ2v) is 9.26. The van der Waals surface area contributed by atoms with Crippen LogP contribution in [-0.4, -0.2) is 51.4 Å². The molecule has 10 nitrogen and oxygen atoms in total. The molecule has 0 unspecified atom stereocenters. The zero-order valence-corrected chi connectivity index (χ0v) is 18.2. The highest BCUT2D eigenvalue weighted by Crippen LogP contribution is 2.38. The summed E-state index contributed by atoms with van der Waals surface area (Å²) in [5.41, 5.74) is 5.95. The third-order valence-electron chi connectivity index (χ3n) is 5.01. The highest BCUT2D eigenvalue weighted by molar-refractivity contribution is 7.92. The summed E-state index contributed by atoms with van der Waals surface area (Å²) in [5.74, 6) is -1.57. The first-order valence-corrected chi connectivity index (χ1v) is 11.5. The van der Waals surface area contributed by atoms with Gasteiger partial charge in [-0.05, 0) is 35.9 Å². The first-order chi connectivity index (χ1) is 15.6. The second kappa shape index (κ2) is 8.30. The number of amides is 1.